The van der Waals surface area contributed by atoms with Crippen LogP contribution in [0.1, 0.15) is 51.6 Å². The van der Waals surface area contributed by atoms with Crippen molar-refractivity contribution < 1.29 is 28.2 Å². The van der Waals surface area contributed by atoms with E-state index in [4.69, 9.17) is 4.74 Å². The van der Waals surface area contributed by atoms with E-state index in [-0.39, 0.29) is 43.5 Å². The van der Waals surface area contributed by atoms with Crippen LogP contribution in [0.5, 0.6) is 5.75 Å². The molecule has 5 aliphatic rings. The maximum atomic E-state index is 15.6. The Labute approximate surface area is 220 Å². The van der Waals surface area contributed by atoms with Crippen LogP contribution in [0, 0.1) is 11.6 Å². The lowest BCUT2D eigenvalue weighted by atomic mass is 9.89. The van der Waals surface area contributed by atoms with Crippen LogP contribution in [0.25, 0.3) is 0 Å². The maximum absolute atomic E-state index is 15.6. The van der Waals surface area contributed by atoms with Crippen molar-refractivity contribution in [1.82, 2.24) is 9.58 Å². The fourth-order valence-electron chi connectivity index (χ4n) is 6.87. The molecule has 198 valence electrons. The van der Waals surface area contributed by atoms with E-state index in [0.29, 0.717) is 29.7 Å². The Balaban J connectivity index is 1.46. The van der Waals surface area contributed by atoms with Gasteiger partial charge in [-0.15, -0.1) is 0 Å². The Kier molecular flexibility index (Phi) is 4.33. The van der Waals surface area contributed by atoms with Crippen molar-refractivity contribution in [2.45, 2.75) is 37.0 Å². The number of nitrogens with zero attached hydrogens (tertiary/aromatic N) is 4. The Morgan fingerprint density at radius 1 is 1.03 bits per heavy atom. The molecular formula is C28H22F2N4O5. The number of amides is 2. The van der Waals surface area contributed by atoms with E-state index in [1.165, 1.54) is 21.8 Å². The number of hydrogen-bond acceptors (Lipinski definition) is 6. The molecule has 1 aliphatic carbocycles. The molecule has 3 aromatic rings. The molecule has 5 heterocycles. The van der Waals surface area contributed by atoms with Crippen LogP contribution in [-0.2, 0) is 21.5 Å². The molecule has 0 radical (unpaired) electrons. The van der Waals surface area contributed by atoms with Gasteiger partial charge in [-0.3, -0.25) is 24.1 Å². The van der Waals surface area contributed by atoms with Crippen molar-refractivity contribution >= 4 is 17.5 Å². The van der Waals surface area contributed by atoms with Crippen molar-refractivity contribution in [1.29, 1.82) is 0 Å². The lowest BCUT2D eigenvalue weighted by Crippen LogP contribution is -2.66. The molecule has 2 amide bonds. The summed E-state index contributed by atoms with van der Waals surface area (Å²) < 4.78 is 37.4. The second kappa shape index (κ2) is 7.44. The zero-order chi connectivity index (χ0) is 26.8. The number of anilines is 1. The number of morpholine rings is 1. The molecule has 39 heavy (non-hydrogen) atoms. The second-order valence-electron chi connectivity index (χ2n) is 10.7. The van der Waals surface area contributed by atoms with Gasteiger partial charge in [0.25, 0.3) is 5.91 Å². The largest absolute Gasteiger partial charge is 0.502 e. The van der Waals surface area contributed by atoms with Crippen LogP contribution < -0.4 is 15.3 Å². The number of pyridine rings is 1. The number of fused-ring (bicyclic) bond motifs is 4. The summed E-state index contributed by atoms with van der Waals surface area (Å²) in [6.45, 7) is 0.441. The zero-order valence-corrected chi connectivity index (χ0v) is 20.6. The topological polar surface area (TPSA) is 95.3 Å². The minimum absolute atomic E-state index is 0.0418. The van der Waals surface area contributed by atoms with Gasteiger partial charge in [-0.1, -0.05) is 24.3 Å². The van der Waals surface area contributed by atoms with Crippen LogP contribution in [0.15, 0.2) is 47.4 Å². The monoisotopic (exact) mass is 532 g/mol. The average Bonchev–Trinajstić information content (AvgIpc) is 3.73. The molecule has 2 aromatic carbocycles. The first kappa shape index (κ1) is 22.7. The number of halogens is 2. The molecule has 11 heteroatoms. The van der Waals surface area contributed by atoms with Crippen LogP contribution in [-0.4, -0.2) is 52.4 Å². The highest BCUT2D eigenvalue weighted by atomic mass is 19.2. The van der Waals surface area contributed by atoms with Gasteiger partial charge >= 0.3 is 0 Å². The lowest BCUT2D eigenvalue weighted by Gasteiger charge is -2.51. The molecule has 2 fully saturated rings. The molecule has 1 spiro atoms. The summed E-state index contributed by atoms with van der Waals surface area (Å²) in [5.41, 5.74) is 1.08. The van der Waals surface area contributed by atoms with E-state index < -0.39 is 46.3 Å². The number of rotatable bonds is 1. The summed E-state index contributed by atoms with van der Waals surface area (Å²) in [6, 6.07) is 8.53. The van der Waals surface area contributed by atoms with Gasteiger partial charge in [-0.2, -0.15) is 0 Å². The molecule has 0 unspecified atom stereocenters. The first-order valence-corrected chi connectivity index (χ1v) is 12.9. The van der Waals surface area contributed by atoms with Gasteiger partial charge < -0.3 is 19.6 Å². The summed E-state index contributed by atoms with van der Waals surface area (Å²) in [5, 5.41) is 12.5. The second-order valence-corrected chi connectivity index (χ2v) is 10.7. The van der Waals surface area contributed by atoms with Crippen molar-refractivity contribution in [3.8, 4) is 5.75 Å². The van der Waals surface area contributed by atoms with Gasteiger partial charge in [0.2, 0.25) is 11.3 Å². The van der Waals surface area contributed by atoms with E-state index in [0.717, 1.165) is 17.7 Å². The predicted molar refractivity (Wildman–Crippen MR) is 133 cm³/mol. The van der Waals surface area contributed by atoms with Gasteiger partial charge in [0.1, 0.15) is 12.2 Å². The third-order valence-corrected chi connectivity index (χ3v) is 8.83. The molecular weight excluding hydrogens is 510 g/mol. The number of aromatic nitrogens is 1. The molecule has 1 saturated carbocycles. The number of carbonyl (C=O) groups excluding carboxylic acids is 2. The Morgan fingerprint density at radius 3 is 2.64 bits per heavy atom. The van der Waals surface area contributed by atoms with E-state index in [2.05, 4.69) is 0 Å². The van der Waals surface area contributed by atoms with E-state index >= 15 is 4.39 Å². The molecule has 4 aliphatic heterocycles. The summed E-state index contributed by atoms with van der Waals surface area (Å²) >= 11 is 0. The van der Waals surface area contributed by atoms with Crippen molar-refractivity contribution in [2.75, 3.05) is 29.7 Å². The Hall–Kier alpha value is -4.25. The van der Waals surface area contributed by atoms with Crippen molar-refractivity contribution in [3.63, 3.8) is 0 Å². The van der Waals surface area contributed by atoms with Gasteiger partial charge in [0.15, 0.2) is 23.1 Å². The number of para-hydroxylation sites is 1. The summed E-state index contributed by atoms with van der Waals surface area (Å²) in [7, 11) is 0. The number of hydrogen-bond donors (Lipinski definition) is 1. The summed E-state index contributed by atoms with van der Waals surface area (Å²) in [4.78, 5) is 42.7. The van der Waals surface area contributed by atoms with Crippen molar-refractivity contribution in [3.05, 3.63) is 92.4 Å². The molecule has 1 N–H and O–H groups in total. The normalized spacial score (nSPS) is 23.8. The van der Waals surface area contributed by atoms with E-state index in [1.807, 2.05) is 18.2 Å². The Bertz CT molecular complexity index is 1700. The molecule has 8 rings (SSSR count). The molecule has 1 saturated heterocycles. The summed E-state index contributed by atoms with van der Waals surface area (Å²) in [5.74, 6) is -3.41. The molecule has 1 aromatic heterocycles. The van der Waals surface area contributed by atoms with Crippen LogP contribution >= 0.6 is 0 Å². The fourth-order valence-corrected chi connectivity index (χ4v) is 6.87. The highest BCUT2D eigenvalue weighted by Gasteiger charge is 2.61. The van der Waals surface area contributed by atoms with Gasteiger partial charge in [-0.25, -0.2) is 8.78 Å². The highest BCUT2D eigenvalue weighted by Crippen LogP contribution is 2.60. The number of benzene rings is 2. The van der Waals surface area contributed by atoms with Gasteiger partial charge in [0, 0.05) is 29.9 Å². The number of ether oxygens (including phenoxy) is 1. The van der Waals surface area contributed by atoms with Gasteiger partial charge in [-0.05, 0) is 30.0 Å². The smallest absolute Gasteiger partial charge is 0.278 e. The number of carbonyl (C=O) groups is 2. The minimum atomic E-state index is -1.04. The third kappa shape index (κ3) is 2.72. The third-order valence-electron chi connectivity index (χ3n) is 8.83. The maximum Gasteiger partial charge on any atom is 0.278 e. The van der Waals surface area contributed by atoms with Crippen molar-refractivity contribution in [2.24, 2.45) is 0 Å². The molecule has 9 nitrogen and oxygen atoms in total. The minimum Gasteiger partial charge on any atom is -0.502 e. The number of aromatic hydroxyl groups is 1. The standard InChI is InChI=1S/C28H22F2N4O5/c29-18-5-4-14-16(21(18)30)12-32-23-15(2-1-3-17(23)28(7-8-28)27(32)38)22(14)34-20-13-39-11-10-31(20)26(37)24-25(36)19(35)6-9-33(24)34/h1-6,9,20,22,36H,7-8,10-13H2/t20-,22+/m1/s1. The van der Waals surface area contributed by atoms with E-state index in [9.17, 15) is 23.9 Å². The Morgan fingerprint density at radius 2 is 1.85 bits per heavy atom. The molecule has 0 bridgehead atoms. The predicted octanol–water partition coefficient (Wildman–Crippen LogP) is 2.26. The SMILES string of the molecule is O=C1c2c(O)c(=O)ccn2N([C@H]2c3ccc(F)c(F)c3CN3C(=O)C4(CC4)c4cccc2c43)[C@@H]2COCCN12. The highest BCUT2D eigenvalue weighted by molar-refractivity contribution is 6.11. The van der Waals surface area contributed by atoms with Crippen LogP contribution in [0.2, 0.25) is 0 Å². The van der Waals surface area contributed by atoms with Crippen LogP contribution in [0.3, 0.4) is 0 Å². The van der Waals surface area contributed by atoms with Gasteiger partial charge in [0.05, 0.1) is 30.9 Å². The molecule has 2 atom stereocenters. The zero-order valence-electron chi connectivity index (χ0n) is 20.6. The fraction of sp³-hybridized carbons (Fsp3) is 0.321. The van der Waals surface area contributed by atoms with Crippen LogP contribution in [0.4, 0.5) is 14.5 Å². The quantitative estimate of drug-likeness (QED) is 0.517. The summed E-state index contributed by atoms with van der Waals surface area (Å²) in [6.07, 6.45) is 2.07. The average molecular weight is 533 g/mol. The first-order valence-electron chi connectivity index (χ1n) is 12.9. The van der Waals surface area contributed by atoms with E-state index in [1.54, 1.807) is 9.91 Å². The first-order chi connectivity index (χ1) is 18.8. The lowest BCUT2D eigenvalue weighted by molar-refractivity contribution is -0.120.